The Balaban J connectivity index is 2.31. The molecule has 0 unspecified atom stereocenters. The van der Waals surface area contributed by atoms with E-state index < -0.39 is 10.1 Å². The maximum Gasteiger partial charge on any atom is 0.358 e. The third kappa shape index (κ3) is 3.91. The van der Waals surface area contributed by atoms with Crippen molar-refractivity contribution in [1.82, 2.24) is 0 Å². The molecular formula is C17H16N2O4S. The summed E-state index contributed by atoms with van der Waals surface area (Å²) in [5.74, 6) is 0.627. The molecule has 6 nitrogen and oxygen atoms in total. The summed E-state index contributed by atoms with van der Waals surface area (Å²) in [4.78, 5) is -0.0272. The van der Waals surface area contributed by atoms with Crippen LogP contribution >= 0.6 is 0 Å². The number of benzene rings is 2. The minimum atomic E-state index is -4.08. The first-order valence-electron chi connectivity index (χ1n) is 7.01. The summed E-state index contributed by atoms with van der Waals surface area (Å²) in [6, 6.07) is 13.0. The fraction of sp³-hybridized carbons (Fsp3) is 0.176. The van der Waals surface area contributed by atoms with Crippen LogP contribution in [0, 0.1) is 25.2 Å². The molecule has 0 N–H and O–H groups in total. The zero-order chi connectivity index (χ0) is 17.7. The highest BCUT2D eigenvalue weighted by Crippen LogP contribution is 2.19. The van der Waals surface area contributed by atoms with Crippen LogP contribution < -0.4 is 4.74 Å². The summed E-state index contributed by atoms with van der Waals surface area (Å²) >= 11 is 0. The molecule has 0 aliphatic heterocycles. The Hall–Kier alpha value is -2.85. The lowest BCUT2D eigenvalue weighted by Crippen LogP contribution is -2.07. The first-order valence-corrected chi connectivity index (χ1v) is 8.41. The van der Waals surface area contributed by atoms with Gasteiger partial charge in [0.15, 0.2) is 5.71 Å². The highest BCUT2D eigenvalue weighted by molar-refractivity contribution is 7.86. The average molecular weight is 344 g/mol. The Morgan fingerprint density at radius 2 is 1.79 bits per heavy atom. The highest BCUT2D eigenvalue weighted by atomic mass is 32.2. The third-order valence-corrected chi connectivity index (χ3v) is 4.45. The van der Waals surface area contributed by atoms with Crippen molar-refractivity contribution in [3.05, 3.63) is 59.2 Å². The highest BCUT2D eigenvalue weighted by Gasteiger charge is 2.17. The Morgan fingerprint density at radius 1 is 1.12 bits per heavy atom. The van der Waals surface area contributed by atoms with Gasteiger partial charge in [0.1, 0.15) is 16.7 Å². The number of hydrogen-bond donors (Lipinski definition) is 0. The second kappa shape index (κ2) is 7.15. The number of nitriles is 1. The number of hydrogen-bond acceptors (Lipinski definition) is 6. The van der Waals surface area contributed by atoms with Crippen LogP contribution in [0.5, 0.6) is 5.75 Å². The molecule has 0 radical (unpaired) electrons. The molecule has 2 rings (SSSR count). The molecule has 24 heavy (non-hydrogen) atoms. The first kappa shape index (κ1) is 17.5. The molecule has 0 aromatic heterocycles. The lowest BCUT2D eigenvalue weighted by Gasteiger charge is -2.06. The quantitative estimate of drug-likeness (QED) is 0.614. The minimum Gasteiger partial charge on any atom is -0.497 e. The van der Waals surface area contributed by atoms with Gasteiger partial charge in [-0.05, 0) is 49.7 Å². The van der Waals surface area contributed by atoms with E-state index in [1.54, 1.807) is 37.3 Å². The Morgan fingerprint density at radius 3 is 2.33 bits per heavy atom. The van der Waals surface area contributed by atoms with Crippen LogP contribution in [-0.2, 0) is 14.4 Å². The van der Waals surface area contributed by atoms with Gasteiger partial charge >= 0.3 is 10.1 Å². The summed E-state index contributed by atoms with van der Waals surface area (Å²) in [6.07, 6.45) is 0. The van der Waals surface area contributed by atoms with E-state index in [0.29, 0.717) is 16.9 Å². The van der Waals surface area contributed by atoms with Crippen molar-refractivity contribution < 1.29 is 17.4 Å². The van der Waals surface area contributed by atoms with E-state index in [-0.39, 0.29) is 10.6 Å². The molecule has 0 spiro atoms. The number of ether oxygens (including phenoxy) is 1. The first-order chi connectivity index (χ1) is 11.4. The maximum absolute atomic E-state index is 12.1. The Bertz CT molecular complexity index is 911. The van der Waals surface area contributed by atoms with Gasteiger partial charge in [-0.3, -0.25) is 4.28 Å². The van der Waals surface area contributed by atoms with E-state index in [1.807, 2.05) is 13.0 Å². The van der Waals surface area contributed by atoms with Crippen LogP contribution in [0.25, 0.3) is 0 Å². The van der Waals surface area contributed by atoms with Gasteiger partial charge in [0.2, 0.25) is 0 Å². The van der Waals surface area contributed by atoms with Gasteiger partial charge in [0.25, 0.3) is 0 Å². The van der Waals surface area contributed by atoms with Crippen LogP contribution in [0.4, 0.5) is 0 Å². The molecule has 2 aromatic carbocycles. The van der Waals surface area contributed by atoms with E-state index in [0.717, 1.165) is 5.56 Å². The largest absolute Gasteiger partial charge is 0.497 e. The van der Waals surface area contributed by atoms with Gasteiger partial charge in [-0.25, -0.2) is 0 Å². The third-order valence-electron chi connectivity index (χ3n) is 3.33. The molecule has 0 bridgehead atoms. The van der Waals surface area contributed by atoms with Crippen molar-refractivity contribution in [1.29, 1.82) is 5.26 Å². The average Bonchev–Trinajstić information content (AvgIpc) is 2.56. The Kier molecular flexibility index (Phi) is 5.21. The zero-order valence-electron chi connectivity index (χ0n) is 13.5. The van der Waals surface area contributed by atoms with E-state index in [9.17, 15) is 13.7 Å². The summed E-state index contributed by atoms with van der Waals surface area (Å²) in [6.45, 7) is 3.61. The number of nitrogens with zero attached hydrogens (tertiary/aromatic N) is 2. The van der Waals surface area contributed by atoms with Crippen molar-refractivity contribution >= 4 is 15.8 Å². The molecule has 0 heterocycles. The van der Waals surface area contributed by atoms with Crippen LogP contribution in [0.3, 0.4) is 0 Å². The summed E-state index contributed by atoms with van der Waals surface area (Å²) in [5, 5.41) is 12.8. The van der Waals surface area contributed by atoms with Gasteiger partial charge < -0.3 is 4.74 Å². The van der Waals surface area contributed by atoms with Gasteiger partial charge in [0.05, 0.1) is 7.11 Å². The summed E-state index contributed by atoms with van der Waals surface area (Å²) in [5.41, 5.74) is 1.97. The van der Waals surface area contributed by atoms with E-state index in [1.165, 1.54) is 19.2 Å². The number of aryl methyl sites for hydroxylation is 2. The molecule has 0 atom stereocenters. The molecule has 0 saturated carbocycles. The summed E-state index contributed by atoms with van der Waals surface area (Å²) < 4.78 is 34.0. The second-order valence-electron chi connectivity index (χ2n) is 5.07. The van der Waals surface area contributed by atoms with Crippen molar-refractivity contribution in [3.8, 4) is 11.8 Å². The number of rotatable bonds is 5. The molecule has 0 aliphatic carbocycles. The molecule has 7 heteroatoms. The van der Waals surface area contributed by atoms with Gasteiger partial charge in [-0.2, -0.15) is 13.7 Å². The second-order valence-corrected chi connectivity index (χ2v) is 6.60. The van der Waals surface area contributed by atoms with Crippen LogP contribution in [0.1, 0.15) is 16.7 Å². The Labute approximate surface area is 141 Å². The van der Waals surface area contributed by atoms with Gasteiger partial charge in [-0.1, -0.05) is 22.9 Å². The smallest absolute Gasteiger partial charge is 0.358 e. The fourth-order valence-electron chi connectivity index (χ4n) is 1.99. The molecule has 0 fully saturated rings. The molecule has 124 valence electrons. The van der Waals surface area contributed by atoms with Crippen molar-refractivity contribution in [2.75, 3.05) is 7.11 Å². The monoisotopic (exact) mass is 344 g/mol. The van der Waals surface area contributed by atoms with Crippen molar-refractivity contribution in [2.45, 2.75) is 18.7 Å². The number of methoxy groups -OCH3 is 1. The van der Waals surface area contributed by atoms with Gasteiger partial charge in [-0.15, -0.1) is 0 Å². The standard InChI is InChI=1S/C17H16N2O4S/c1-12-4-7-15(8-5-12)24(20,21)23-19-17(11-18)16-9-6-14(22-3)10-13(16)2/h4-10H,1-3H3/b19-17+. The van der Waals surface area contributed by atoms with Gasteiger partial charge in [0, 0.05) is 5.56 Å². The van der Waals surface area contributed by atoms with E-state index in [4.69, 9.17) is 4.74 Å². The predicted molar refractivity (Wildman–Crippen MR) is 89.3 cm³/mol. The van der Waals surface area contributed by atoms with Crippen molar-refractivity contribution in [2.24, 2.45) is 5.16 Å². The van der Waals surface area contributed by atoms with Crippen LogP contribution in [0.15, 0.2) is 52.5 Å². The SMILES string of the molecule is COc1ccc(/C(C#N)=N/OS(=O)(=O)c2ccc(C)cc2)c(C)c1. The molecule has 0 aliphatic rings. The fourth-order valence-corrected chi connectivity index (χ4v) is 2.72. The lowest BCUT2D eigenvalue weighted by molar-refractivity contribution is 0.339. The van der Waals surface area contributed by atoms with E-state index >= 15 is 0 Å². The molecular weight excluding hydrogens is 328 g/mol. The normalized spacial score (nSPS) is 11.7. The molecule has 0 saturated heterocycles. The summed E-state index contributed by atoms with van der Waals surface area (Å²) in [7, 11) is -2.55. The lowest BCUT2D eigenvalue weighted by atomic mass is 10.0. The maximum atomic E-state index is 12.1. The van der Waals surface area contributed by atoms with E-state index in [2.05, 4.69) is 9.44 Å². The van der Waals surface area contributed by atoms with Crippen LogP contribution in [-0.4, -0.2) is 21.2 Å². The zero-order valence-corrected chi connectivity index (χ0v) is 14.3. The minimum absolute atomic E-state index is 0.0272. The molecule has 0 amide bonds. The predicted octanol–water partition coefficient (Wildman–Crippen LogP) is 2.95. The van der Waals surface area contributed by atoms with Crippen molar-refractivity contribution in [3.63, 3.8) is 0 Å². The van der Waals surface area contributed by atoms with Crippen LogP contribution in [0.2, 0.25) is 0 Å². The molecule has 2 aromatic rings. The number of oxime groups is 1. The topological polar surface area (TPSA) is 88.8 Å².